The summed E-state index contributed by atoms with van der Waals surface area (Å²) in [6.07, 6.45) is -2.21. The number of hydrogen-bond donors (Lipinski definition) is 2. The van der Waals surface area contributed by atoms with Crippen LogP contribution in [0.1, 0.15) is 32.4 Å². The quantitative estimate of drug-likeness (QED) is 0.678. The first-order valence-electron chi connectivity index (χ1n) is 8.62. The van der Waals surface area contributed by atoms with Crippen LogP contribution >= 0.6 is 0 Å². The Balaban J connectivity index is 1.76. The van der Waals surface area contributed by atoms with Crippen molar-refractivity contribution in [1.29, 1.82) is 0 Å². The molecule has 0 radical (unpaired) electrons. The number of fused-ring (bicyclic) bond motifs is 1. The second-order valence-corrected chi connectivity index (χ2v) is 6.34. The molecule has 4 rings (SSSR count). The van der Waals surface area contributed by atoms with Crippen LogP contribution in [0.15, 0.2) is 72.8 Å². The summed E-state index contributed by atoms with van der Waals surface area (Å²) >= 11 is 0. The van der Waals surface area contributed by atoms with Gasteiger partial charge in [-0.05, 0) is 17.7 Å². The largest absolute Gasteiger partial charge is 0.508 e. The molecule has 1 aliphatic rings. The van der Waals surface area contributed by atoms with Crippen LogP contribution in [0.2, 0.25) is 0 Å². The van der Waals surface area contributed by atoms with Crippen molar-refractivity contribution in [2.75, 3.05) is 0 Å². The molecular formula is C22H16O6. The van der Waals surface area contributed by atoms with Crippen LogP contribution in [0, 0.1) is 0 Å². The highest BCUT2D eigenvalue weighted by Gasteiger charge is 2.43. The average molecular weight is 376 g/mol. The van der Waals surface area contributed by atoms with Crippen molar-refractivity contribution >= 4 is 11.8 Å². The molecule has 0 spiro atoms. The summed E-state index contributed by atoms with van der Waals surface area (Å²) in [4.78, 5) is 25.7. The zero-order chi connectivity index (χ0) is 19.7. The highest BCUT2D eigenvalue weighted by molar-refractivity contribution is 6.07. The van der Waals surface area contributed by atoms with Crippen molar-refractivity contribution in [3.63, 3.8) is 0 Å². The number of carbonyl (C=O) groups is 2. The summed E-state index contributed by atoms with van der Waals surface area (Å²) in [5, 5.41) is 19.9. The van der Waals surface area contributed by atoms with Gasteiger partial charge < -0.3 is 19.7 Å². The maximum atomic E-state index is 13.1. The van der Waals surface area contributed by atoms with Gasteiger partial charge in [0.1, 0.15) is 22.8 Å². The van der Waals surface area contributed by atoms with E-state index in [1.165, 1.54) is 6.07 Å². The van der Waals surface area contributed by atoms with Gasteiger partial charge in [0.25, 0.3) is 0 Å². The Morgan fingerprint density at radius 1 is 0.929 bits per heavy atom. The molecule has 0 saturated carbocycles. The SMILES string of the molecule is O=C(O[C@@H]1C(=O)c2c(O)cc(O)cc2O[C@@H]1c1ccccc1)c1ccccc1. The fourth-order valence-corrected chi connectivity index (χ4v) is 3.16. The molecular weight excluding hydrogens is 360 g/mol. The number of hydrogen-bond acceptors (Lipinski definition) is 6. The summed E-state index contributed by atoms with van der Waals surface area (Å²) in [5.41, 5.74) is 0.786. The van der Waals surface area contributed by atoms with Crippen molar-refractivity contribution in [3.8, 4) is 17.2 Å². The van der Waals surface area contributed by atoms with Crippen molar-refractivity contribution in [3.05, 3.63) is 89.5 Å². The molecule has 0 fully saturated rings. The van der Waals surface area contributed by atoms with Crippen LogP contribution in [0.25, 0.3) is 0 Å². The third-order valence-corrected chi connectivity index (χ3v) is 4.47. The summed E-state index contributed by atoms with van der Waals surface area (Å²) in [5.74, 6) is -1.92. The monoisotopic (exact) mass is 376 g/mol. The number of benzene rings is 3. The van der Waals surface area contributed by atoms with E-state index in [-0.39, 0.29) is 17.1 Å². The summed E-state index contributed by atoms with van der Waals surface area (Å²) < 4.78 is 11.4. The first-order chi connectivity index (χ1) is 13.5. The van der Waals surface area contributed by atoms with Crippen LogP contribution in [0.5, 0.6) is 17.2 Å². The normalized spacial score (nSPS) is 18.1. The van der Waals surface area contributed by atoms with Crippen LogP contribution in [0.4, 0.5) is 0 Å². The number of esters is 1. The lowest BCUT2D eigenvalue weighted by atomic mass is 9.92. The molecule has 1 heterocycles. The van der Waals surface area contributed by atoms with Gasteiger partial charge in [-0.1, -0.05) is 48.5 Å². The van der Waals surface area contributed by atoms with E-state index in [1.807, 2.05) is 6.07 Å². The molecule has 3 aromatic carbocycles. The van der Waals surface area contributed by atoms with Gasteiger partial charge in [0, 0.05) is 12.1 Å². The molecule has 3 aromatic rings. The minimum absolute atomic E-state index is 0.0309. The van der Waals surface area contributed by atoms with Crippen LogP contribution < -0.4 is 4.74 Å². The standard InChI is InChI=1S/C22H16O6/c23-15-11-16(24)18-17(12-15)27-20(13-7-3-1-4-8-13)21(19(18)25)28-22(26)14-9-5-2-6-10-14/h1-12,20-21,23-24H/t20-,21-/m1/s1. The summed E-state index contributed by atoms with van der Waals surface area (Å²) in [6.45, 7) is 0. The molecule has 28 heavy (non-hydrogen) atoms. The van der Waals surface area contributed by atoms with E-state index in [2.05, 4.69) is 0 Å². The Kier molecular flexibility index (Phi) is 4.45. The molecule has 2 atom stereocenters. The Hall–Kier alpha value is -3.80. The maximum absolute atomic E-state index is 13.1. The Morgan fingerprint density at radius 2 is 1.57 bits per heavy atom. The Labute approximate surface area is 160 Å². The van der Waals surface area contributed by atoms with E-state index >= 15 is 0 Å². The van der Waals surface area contributed by atoms with Gasteiger partial charge in [-0.25, -0.2) is 4.79 Å². The van der Waals surface area contributed by atoms with Crippen molar-refractivity contribution in [2.24, 2.45) is 0 Å². The summed E-state index contributed by atoms with van der Waals surface area (Å²) in [6, 6.07) is 19.4. The number of rotatable bonds is 3. The molecule has 1 aliphatic heterocycles. The molecule has 0 aromatic heterocycles. The van der Waals surface area contributed by atoms with Gasteiger partial charge in [0.2, 0.25) is 11.9 Å². The molecule has 6 nitrogen and oxygen atoms in total. The van der Waals surface area contributed by atoms with Crippen LogP contribution in [-0.4, -0.2) is 28.1 Å². The van der Waals surface area contributed by atoms with Gasteiger partial charge in [0.05, 0.1) is 5.56 Å². The van der Waals surface area contributed by atoms with E-state index < -0.39 is 29.7 Å². The topological polar surface area (TPSA) is 93.1 Å². The Morgan fingerprint density at radius 3 is 2.25 bits per heavy atom. The van der Waals surface area contributed by atoms with Gasteiger partial charge in [-0.3, -0.25) is 4.79 Å². The lowest BCUT2D eigenvalue weighted by molar-refractivity contribution is -0.0101. The van der Waals surface area contributed by atoms with Crippen LogP contribution in [-0.2, 0) is 4.74 Å². The van der Waals surface area contributed by atoms with Crippen molar-refractivity contribution < 1.29 is 29.3 Å². The number of ether oxygens (including phenoxy) is 2. The van der Waals surface area contributed by atoms with E-state index in [0.29, 0.717) is 11.1 Å². The molecule has 0 saturated heterocycles. The molecule has 6 heteroatoms. The average Bonchev–Trinajstić information content (AvgIpc) is 2.70. The highest BCUT2D eigenvalue weighted by Crippen LogP contribution is 2.42. The first-order valence-corrected chi connectivity index (χ1v) is 8.62. The predicted molar refractivity (Wildman–Crippen MR) is 99.6 cm³/mol. The Bertz CT molecular complexity index is 1030. The number of aromatic hydroxyl groups is 2. The van der Waals surface area contributed by atoms with E-state index in [4.69, 9.17) is 9.47 Å². The van der Waals surface area contributed by atoms with Gasteiger partial charge >= 0.3 is 5.97 Å². The number of ketones is 1. The third kappa shape index (κ3) is 3.16. The highest BCUT2D eigenvalue weighted by atomic mass is 16.6. The maximum Gasteiger partial charge on any atom is 0.339 e. The third-order valence-electron chi connectivity index (χ3n) is 4.47. The lowest BCUT2D eigenvalue weighted by Crippen LogP contribution is -2.40. The summed E-state index contributed by atoms with van der Waals surface area (Å²) in [7, 11) is 0. The number of carbonyl (C=O) groups excluding carboxylic acids is 2. The molecule has 0 aliphatic carbocycles. The first kappa shape index (κ1) is 17.6. The molecule has 2 N–H and O–H groups in total. The fraction of sp³-hybridized carbons (Fsp3) is 0.0909. The molecule has 0 amide bonds. The predicted octanol–water partition coefficient (Wildman–Crippen LogP) is 3.64. The smallest absolute Gasteiger partial charge is 0.339 e. The van der Waals surface area contributed by atoms with Gasteiger partial charge in [0.15, 0.2) is 6.10 Å². The number of Topliss-reactive ketones (excluding diaryl/α,β-unsaturated/α-hetero) is 1. The van der Waals surface area contributed by atoms with E-state index in [1.54, 1.807) is 54.6 Å². The lowest BCUT2D eigenvalue weighted by Gasteiger charge is -2.32. The fourth-order valence-electron chi connectivity index (χ4n) is 3.16. The zero-order valence-corrected chi connectivity index (χ0v) is 14.6. The molecule has 140 valence electrons. The van der Waals surface area contributed by atoms with Gasteiger partial charge in [-0.15, -0.1) is 0 Å². The minimum atomic E-state index is -1.29. The number of phenolic OH excluding ortho intramolecular Hbond substituents is 2. The second-order valence-electron chi connectivity index (χ2n) is 6.34. The van der Waals surface area contributed by atoms with E-state index in [9.17, 15) is 19.8 Å². The minimum Gasteiger partial charge on any atom is -0.508 e. The van der Waals surface area contributed by atoms with Crippen molar-refractivity contribution in [1.82, 2.24) is 0 Å². The number of phenols is 2. The molecule has 0 unspecified atom stereocenters. The second kappa shape index (κ2) is 7.08. The zero-order valence-electron chi connectivity index (χ0n) is 14.6. The van der Waals surface area contributed by atoms with Gasteiger partial charge in [-0.2, -0.15) is 0 Å². The molecule has 0 bridgehead atoms. The van der Waals surface area contributed by atoms with Crippen molar-refractivity contribution in [2.45, 2.75) is 12.2 Å². The van der Waals surface area contributed by atoms with E-state index in [0.717, 1.165) is 6.07 Å². The van der Waals surface area contributed by atoms with Crippen LogP contribution in [0.3, 0.4) is 0 Å².